The van der Waals surface area contributed by atoms with E-state index in [1.807, 2.05) is 18.2 Å². The first-order chi connectivity index (χ1) is 11.1. The normalized spacial score (nSPS) is 13.7. The lowest BCUT2D eigenvalue weighted by molar-refractivity contribution is 0.0925. The Hall–Kier alpha value is -2.43. The van der Waals surface area contributed by atoms with Crippen molar-refractivity contribution < 1.29 is 9.59 Å². The molecule has 0 saturated heterocycles. The molecule has 1 aliphatic heterocycles. The molecule has 1 aromatic heterocycles. The summed E-state index contributed by atoms with van der Waals surface area (Å²) < 4.78 is 0. The van der Waals surface area contributed by atoms with Crippen LogP contribution in [0.3, 0.4) is 0 Å². The van der Waals surface area contributed by atoms with E-state index in [1.165, 1.54) is 6.07 Å². The highest BCUT2D eigenvalue weighted by Crippen LogP contribution is 2.33. The molecule has 0 bridgehead atoms. The van der Waals surface area contributed by atoms with Crippen LogP contribution in [0.4, 0.5) is 5.69 Å². The minimum atomic E-state index is -0.464. The van der Waals surface area contributed by atoms with Gasteiger partial charge in [0.05, 0.1) is 26.8 Å². The molecule has 1 aliphatic rings. The van der Waals surface area contributed by atoms with Gasteiger partial charge >= 0.3 is 0 Å². The number of halogens is 2. The minimum Gasteiger partial charge on any atom is -0.268 e. The van der Waals surface area contributed by atoms with Gasteiger partial charge in [-0.1, -0.05) is 41.4 Å². The molecule has 0 saturated carbocycles. The van der Waals surface area contributed by atoms with E-state index in [4.69, 9.17) is 23.2 Å². The Labute approximate surface area is 141 Å². The number of pyridine rings is 1. The molecule has 0 fully saturated rings. The predicted octanol–water partition coefficient (Wildman–Crippen LogP) is 4.34. The summed E-state index contributed by atoms with van der Waals surface area (Å²) in [5.74, 6) is -0.879. The molecule has 0 radical (unpaired) electrons. The van der Waals surface area contributed by atoms with E-state index in [9.17, 15) is 9.59 Å². The van der Waals surface area contributed by atoms with E-state index in [1.54, 1.807) is 24.3 Å². The summed E-state index contributed by atoms with van der Waals surface area (Å²) in [5, 5.41) is 1.44. The number of rotatable bonds is 1. The zero-order chi connectivity index (χ0) is 16.1. The lowest BCUT2D eigenvalue weighted by Gasteiger charge is -2.14. The highest BCUT2D eigenvalue weighted by Gasteiger charge is 2.38. The molecule has 2 amide bonds. The Morgan fingerprint density at radius 2 is 1.65 bits per heavy atom. The molecule has 2 heterocycles. The summed E-state index contributed by atoms with van der Waals surface area (Å²) in [5.41, 5.74) is 1.49. The average molecular weight is 343 g/mol. The maximum atomic E-state index is 12.6. The molecule has 6 heteroatoms. The van der Waals surface area contributed by atoms with Crippen molar-refractivity contribution in [1.82, 2.24) is 4.98 Å². The molecule has 4 rings (SSSR count). The SMILES string of the molecule is O=C1c2cc3ccccc3nc2C(=O)N1c1ccc(Cl)c(Cl)c1. The zero-order valence-electron chi connectivity index (χ0n) is 11.6. The first kappa shape index (κ1) is 14.2. The molecule has 0 aliphatic carbocycles. The van der Waals surface area contributed by atoms with Crippen LogP contribution < -0.4 is 4.90 Å². The Morgan fingerprint density at radius 3 is 2.43 bits per heavy atom. The lowest BCUT2D eigenvalue weighted by atomic mass is 10.1. The third-order valence-electron chi connectivity index (χ3n) is 3.72. The number of aromatic nitrogens is 1. The number of hydrogen-bond acceptors (Lipinski definition) is 3. The summed E-state index contributed by atoms with van der Waals surface area (Å²) in [6, 6.07) is 13.6. The van der Waals surface area contributed by atoms with Gasteiger partial charge in [-0.2, -0.15) is 0 Å². The van der Waals surface area contributed by atoms with Gasteiger partial charge in [0.15, 0.2) is 0 Å². The van der Waals surface area contributed by atoms with Crippen LogP contribution in [0.5, 0.6) is 0 Å². The highest BCUT2D eigenvalue weighted by molar-refractivity contribution is 6.42. The second-order valence-electron chi connectivity index (χ2n) is 5.12. The van der Waals surface area contributed by atoms with Crippen molar-refractivity contribution in [1.29, 1.82) is 0 Å². The van der Waals surface area contributed by atoms with E-state index in [2.05, 4.69) is 4.98 Å². The second kappa shape index (κ2) is 5.05. The average Bonchev–Trinajstić information content (AvgIpc) is 2.79. The van der Waals surface area contributed by atoms with Gasteiger partial charge in [-0.05, 0) is 30.3 Å². The quantitative estimate of drug-likeness (QED) is 0.618. The Kier molecular flexibility index (Phi) is 3.11. The topological polar surface area (TPSA) is 50.3 Å². The molecule has 2 aromatic carbocycles. The maximum Gasteiger partial charge on any atom is 0.284 e. The van der Waals surface area contributed by atoms with Gasteiger partial charge < -0.3 is 0 Å². The first-order valence-electron chi connectivity index (χ1n) is 6.80. The number of anilines is 1. The fourth-order valence-corrected chi connectivity index (χ4v) is 2.91. The monoisotopic (exact) mass is 342 g/mol. The van der Waals surface area contributed by atoms with Crippen molar-refractivity contribution in [3.8, 4) is 0 Å². The van der Waals surface area contributed by atoms with E-state index >= 15 is 0 Å². The van der Waals surface area contributed by atoms with Crippen LogP contribution in [0.2, 0.25) is 10.0 Å². The van der Waals surface area contributed by atoms with Crippen LogP contribution in [0.25, 0.3) is 10.9 Å². The molecule has 4 nitrogen and oxygen atoms in total. The van der Waals surface area contributed by atoms with Gasteiger partial charge in [0.25, 0.3) is 11.8 Å². The predicted molar refractivity (Wildman–Crippen MR) is 89.3 cm³/mol. The van der Waals surface area contributed by atoms with E-state index < -0.39 is 11.8 Å². The number of carbonyl (C=O) groups excluding carboxylic acids is 2. The number of amides is 2. The summed E-state index contributed by atoms with van der Waals surface area (Å²) >= 11 is 11.9. The zero-order valence-corrected chi connectivity index (χ0v) is 13.1. The number of nitrogens with zero attached hydrogens (tertiary/aromatic N) is 2. The number of benzene rings is 2. The number of para-hydroxylation sites is 1. The summed E-state index contributed by atoms with van der Waals surface area (Å²) in [6.07, 6.45) is 0. The van der Waals surface area contributed by atoms with Crippen molar-refractivity contribution in [2.75, 3.05) is 4.90 Å². The van der Waals surface area contributed by atoms with Crippen molar-refractivity contribution >= 4 is 51.6 Å². The van der Waals surface area contributed by atoms with Gasteiger partial charge in [-0.15, -0.1) is 0 Å². The minimum absolute atomic E-state index is 0.153. The van der Waals surface area contributed by atoms with Crippen molar-refractivity contribution in [3.05, 3.63) is 69.8 Å². The van der Waals surface area contributed by atoms with Gasteiger partial charge in [0.2, 0.25) is 0 Å². The van der Waals surface area contributed by atoms with Gasteiger partial charge in [0, 0.05) is 5.39 Å². The molecule has 23 heavy (non-hydrogen) atoms. The Morgan fingerprint density at radius 1 is 0.870 bits per heavy atom. The van der Waals surface area contributed by atoms with Crippen LogP contribution in [-0.4, -0.2) is 16.8 Å². The Balaban J connectivity index is 1.88. The van der Waals surface area contributed by atoms with E-state index in [-0.39, 0.29) is 10.7 Å². The Bertz CT molecular complexity index is 947. The van der Waals surface area contributed by atoms with Crippen LogP contribution in [0.1, 0.15) is 20.8 Å². The van der Waals surface area contributed by atoms with Crippen LogP contribution in [0.15, 0.2) is 48.5 Å². The second-order valence-corrected chi connectivity index (χ2v) is 5.94. The number of fused-ring (bicyclic) bond motifs is 2. The number of hydrogen-bond donors (Lipinski definition) is 0. The largest absolute Gasteiger partial charge is 0.284 e. The van der Waals surface area contributed by atoms with Gasteiger partial charge in [-0.25, -0.2) is 9.88 Å². The molecule has 3 aromatic rings. The molecular formula is C17H8Cl2N2O2. The lowest BCUT2D eigenvalue weighted by Crippen LogP contribution is -2.29. The molecule has 0 N–H and O–H groups in total. The molecule has 0 atom stereocenters. The number of imide groups is 1. The van der Waals surface area contributed by atoms with Crippen LogP contribution >= 0.6 is 23.2 Å². The molecule has 112 valence electrons. The first-order valence-corrected chi connectivity index (χ1v) is 7.55. The smallest absolute Gasteiger partial charge is 0.268 e. The van der Waals surface area contributed by atoms with Crippen LogP contribution in [-0.2, 0) is 0 Å². The van der Waals surface area contributed by atoms with Gasteiger partial charge in [-0.3, -0.25) is 9.59 Å². The third-order valence-corrected chi connectivity index (χ3v) is 4.46. The standard InChI is InChI=1S/C17H8Cl2N2O2/c18-12-6-5-10(8-13(12)19)21-16(22)11-7-9-3-1-2-4-14(9)20-15(11)17(21)23/h1-8H. The van der Waals surface area contributed by atoms with Crippen molar-refractivity contribution in [3.63, 3.8) is 0 Å². The summed E-state index contributed by atoms with van der Waals surface area (Å²) in [6.45, 7) is 0. The summed E-state index contributed by atoms with van der Waals surface area (Å²) in [4.78, 5) is 30.7. The third kappa shape index (κ3) is 2.11. The fourth-order valence-electron chi connectivity index (χ4n) is 2.62. The molecular weight excluding hydrogens is 335 g/mol. The number of carbonyl (C=O) groups is 2. The maximum absolute atomic E-state index is 12.6. The van der Waals surface area contributed by atoms with Gasteiger partial charge in [0.1, 0.15) is 5.69 Å². The summed E-state index contributed by atoms with van der Waals surface area (Å²) in [7, 11) is 0. The fraction of sp³-hybridized carbons (Fsp3) is 0. The van der Waals surface area contributed by atoms with Crippen molar-refractivity contribution in [2.45, 2.75) is 0 Å². The van der Waals surface area contributed by atoms with Crippen molar-refractivity contribution in [2.24, 2.45) is 0 Å². The highest BCUT2D eigenvalue weighted by atomic mass is 35.5. The molecule has 0 unspecified atom stereocenters. The van der Waals surface area contributed by atoms with E-state index in [0.717, 1.165) is 10.3 Å². The van der Waals surface area contributed by atoms with Crippen LogP contribution in [0, 0.1) is 0 Å². The molecule has 0 spiro atoms. The van der Waals surface area contributed by atoms with E-state index in [0.29, 0.717) is 21.8 Å².